The second kappa shape index (κ2) is 4.55. The molecular formula is C10H18N2O2. The first kappa shape index (κ1) is 11.2. The number of hydrogen-bond donors (Lipinski definition) is 1. The van der Waals surface area contributed by atoms with Crippen LogP contribution >= 0.6 is 0 Å². The Morgan fingerprint density at radius 2 is 2.00 bits per heavy atom. The minimum absolute atomic E-state index is 0.0848. The van der Waals surface area contributed by atoms with Crippen LogP contribution in [0.15, 0.2) is 0 Å². The third kappa shape index (κ3) is 2.12. The fraction of sp³-hybridized carbons (Fsp3) is 0.800. The van der Waals surface area contributed by atoms with Gasteiger partial charge in [0.05, 0.1) is 12.5 Å². The Labute approximate surface area is 84.7 Å². The van der Waals surface area contributed by atoms with Crippen molar-refractivity contribution >= 4 is 11.8 Å². The molecule has 1 rings (SSSR count). The van der Waals surface area contributed by atoms with Crippen molar-refractivity contribution in [2.45, 2.75) is 45.2 Å². The average molecular weight is 198 g/mol. The van der Waals surface area contributed by atoms with Gasteiger partial charge in [0.25, 0.3) is 0 Å². The number of nitrogens with zero attached hydrogens (tertiary/aromatic N) is 1. The molecule has 14 heavy (non-hydrogen) atoms. The topological polar surface area (TPSA) is 49.4 Å². The Hall–Kier alpha value is -0.900. The zero-order chi connectivity index (χ0) is 10.7. The lowest BCUT2D eigenvalue weighted by atomic mass is 10.1. The summed E-state index contributed by atoms with van der Waals surface area (Å²) in [5, 5.41) is 3.21. The number of hydrogen-bond acceptors (Lipinski definition) is 3. The van der Waals surface area contributed by atoms with E-state index in [2.05, 4.69) is 19.2 Å². The molecule has 0 radical (unpaired) electrons. The highest BCUT2D eigenvalue weighted by molar-refractivity contribution is 6.05. The first-order valence-electron chi connectivity index (χ1n) is 5.16. The number of carbonyl (C=O) groups is 2. The summed E-state index contributed by atoms with van der Waals surface area (Å²) in [7, 11) is 1.54. The van der Waals surface area contributed by atoms with Gasteiger partial charge >= 0.3 is 0 Å². The number of likely N-dealkylation sites (N-methyl/N-ethyl adjacent to an activating group) is 1. The minimum atomic E-state index is -0.294. The van der Waals surface area contributed by atoms with Gasteiger partial charge in [-0.05, 0) is 12.8 Å². The van der Waals surface area contributed by atoms with E-state index in [0.717, 1.165) is 12.8 Å². The van der Waals surface area contributed by atoms with Crippen molar-refractivity contribution in [1.29, 1.82) is 0 Å². The SMILES string of the molecule is CCC(CC)NC1CC(=O)N(C)C1=O. The van der Waals surface area contributed by atoms with Crippen LogP contribution in [0.1, 0.15) is 33.1 Å². The second-order valence-electron chi connectivity index (χ2n) is 3.73. The van der Waals surface area contributed by atoms with Crippen molar-refractivity contribution in [3.63, 3.8) is 0 Å². The second-order valence-corrected chi connectivity index (χ2v) is 3.73. The zero-order valence-electron chi connectivity index (χ0n) is 9.04. The monoisotopic (exact) mass is 198 g/mol. The van der Waals surface area contributed by atoms with Crippen molar-refractivity contribution < 1.29 is 9.59 Å². The first-order valence-corrected chi connectivity index (χ1v) is 5.16. The fourth-order valence-electron chi connectivity index (χ4n) is 1.69. The van der Waals surface area contributed by atoms with Crippen molar-refractivity contribution in [3.05, 3.63) is 0 Å². The summed E-state index contributed by atoms with van der Waals surface area (Å²) in [6.07, 6.45) is 2.28. The molecule has 0 saturated carbocycles. The Morgan fingerprint density at radius 1 is 1.43 bits per heavy atom. The predicted molar refractivity (Wildman–Crippen MR) is 53.7 cm³/mol. The number of carbonyl (C=O) groups excluding carboxylic acids is 2. The Morgan fingerprint density at radius 3 is 2.36 bits per heavy atom. The van der Waals surface area contributed by atoms with Crippen LogP contribution in [0.25, 0.3) is 0 Å². The summed E-state index contributed by atoms with van der Waals surface area (Å²) < 4.78 is 0. The average Bonchev–Trinajstić information content (AvgIpc) is 2.42. The van der Waals surface area contributed by atoms with Gasteiger partial charge in [-0.15, -0.1) is 0 Å². The zero-order valence-corrected chi connectivity index (χ0v) is 9.04. The summed E-state index contributed by atoms with van der Waals surface area (Å²) in [6.45, 7) is 4.15. The van der Waals surface area contributed by atoms with E-state index in [1.165, 1.54) is 4.90 Å². The third-order valence-electron chi connectivity index (χ3n) is 2.80. The van der Waals surface area contributed by atoms with Crippen LogP contribution in [0, 0.1) is 0 Å². The van der Waals surface area contributed by atoms with Gasteiger partial charge in [0, 0.05) is 13.1 Å². The quantitative estimate of drug-likeness (QED) is 0.670. The molecular weight excluding hydrogens is 180 g/mol. The highest BCUT2D eigenvalue weighted by Gasteiger charge is 2.36. The van der Waals surface area contributed by atoms with Gasteiger partial charge in [0.1, 0.15) is 0 Å². The molecule has 0 aromatic carbocycles. The van der Waals surface area contributed by atoms with E-state index in [9.17, 15) is 9.59 Å². The van der Waals surface area contributed by atoms with E-state index >= 15 is 0 Å². The molecule has 1 aliphatic rings. The largest absolute Gasteiger partial charge is 0.303 e. The normalized spacial score (nSPS) is 22.6. The van der Waals surface area contributed by atoms with Gasteiger partial charge in [-0.25, -0.2) is 0 Å². The molecule has 1 aliphatic heterocycles. The molecule has 0 aromatic rings. The Balaban J connectivity index is 2.54. The van der Waals surface area contributed by atoms with Gasteiger partial charge in [0.15, 0.2) is 0 Å². The molecule has 1 unspecified atom stereocenters. The highest BCUT2D eigenvalue weighted by Crippen LogP contribution is 2.12. The third-order valence-corrected chi connectivity index (χ3v) is 2.80. The maximum Gasteiger partial charge on any atom is 0.246 e. The molecule has 1 atom stereocenters. The number of imide groups is 1. The summed E-state index contributed by atoms with van der Waals surface area (Å²) in [4.78, 5) is 24.0. The highest BCUT2D eigenvalue weighted by atomic mass is 16.2. The van der Waals surface area contributed by atoms with Crippen LogP contribution in [0.2, 0.25) is 0 Å². The van der Waals surface area contributed by atoms with E-state index < -0.39 is 0 Å². The van der Waals surface area contributed by atoms with Gasteiger partial charge < -0.3 is 5.32 Å². The molecule has 1 saturated heterocycles. The summed E-state index contributed by atoms with van der Waals surface area (Å²) in [6, 6.07) is 0.0423. The van der Waals surface area contributed by atoms with E-state index in [1.54, 1.807) is 7.05 Å². The van der Waals surface area contributed by atoms with Gasteiger partial charge in [0.2, 0.25) is 11.8 Å². The maximum absolute atomic E-state index is 11.5. The lowest BCUT2D eigenvalue weighted by Crippen LogP contribution is -2.42. The molecule has 80 valence electrons. The molecule has 1 fully saturated rings. The summed E-state index contributed by atoms with van der Waals surface area (Å²) in [5.41, 5.74) is 0. The fourth-order valence-corrected chi connectivity index (χ4v) is 1.69. The van der Waals surface area contributed by atoms with Crippen LogP contribution in [-0.2, 0) is 9.59 Å². The van der Waals surface area contributed by atoms with Gasteiger partial charge in [-0.2, -0.15) is 0 Å². The lowest BCUT2D eigenvalue weighted by molar-refractivity contribution is -0.137. The molecule has 4 nitrogen and oxygen atoms in total. The standard InChI is InChI=1S/C10H18N2O2/c1-4-7(5-2)11-8-6-9(13)12(3)10(8)14/h7-8,11H,4-6H2,1-3H3. The van der Waals surface area contributed by atoms with E-state index in [-0.39, 0.29) is 17.9 Å². The number of rotatable bonds is 4. The van der Waals surface area contributed by atoms with E-state index in [0.29, 0.717) is 12.5 Å². The van der Waals surface area contributed by atoms with E-state index in [1.807, 2.05) is 0 Å². The molecule has 2 amide bonds. The minimum Gasteiger partial charge on any atom is -0.303 e. The van der Waals surface area contributed by atoms with Crippen LogP contribution in [-0.4, -0.2) is 35.8 Å². The van der Waals surface area contributed by atoms with Crippen molar-refractivity contribution in [2.75, 3.05) is 7.05 Å². The number of likely N-dealkylation sites (tertiary alicyclic amines) is 1. The van der Waals surface area contributed by atoms with Crippen LogP contribution < -0.4 is 5.32 Å². The lowest BCUT2D eigenvalue weighted by Gasteiger charge is -2.18. The molecule has 4 heteroatoms. The summed E-state index contributed by atoms with van der Waals surface area (Å²) in [5.74, 6) is -0.180. The van der Waals surface area contributed by atoms with Crippen molar-refractivity contribution in [3.8, 4) is 0 Å². The first-order chi connectivity index (χ1) is 6.60. The Kier molecular flexibility index (Phi) is 3.63. The smallest absolute Gasteiger partial charge is 0.246 e. The maximum atomic E-state index is 11.5. The number of nitrogens with one attached hydrogen (secondary N) is 1. The van der Waals surface area contributed by atoms with Crippen molar-refractivity contribution in [2.24, 2.45) is 0 Å². The van der Waals surface area contributed by atoms with Gasteiger partial charge in [-0.1, -0.05) is 13.8 Å². The van der Waals surface area contributed by atoms with Crippen LogP contribution in [0.5, 0.6) is 0 Å². The van der Waals surface area contributed by atoms with E-state index in [4.69, 9.17) is 0 Å². The molecule has 0 bridgehead atoms. The van der Waals surface area contributed by atoms with Crippen molar-refractivity contribution in [1.82, 2.24) is 10.2 Å². The molecule has 0 spiro atoms. The molecule has 0 aromatic heterocycles. The van der Waals surface area contributed by atoms with Crippen LogP contribution in [0.3, 0.4) is 0 Å². The van der Waals surface area contributed by atoms with Gasteiger partial charge in [-0.3, -0.25) is 14.5 Å². The number of amides is 2. The predicted octanol–water partition coefficient (Wildman–Crippen LogP) is 0.522. The summed E-state index contributed by atoms with van der Waals surface area (Å²) >= 11 is 0. The van der Waals surface area contributed by atoms with Crippen LogP contribution in [0.4, 0.5) is 0 Å². The Bertz CT molecular complexity index is 236. The molecule has 1 heterocycles. The molecule has 0 aliphatic carbocycles. The molecule has 1 N–H and O–H groups in total.